The quantitative estimate of drug-likeness (QED) is 0.368. The number of fused-ring (bicyclic) bond motifs is 3. The molecule has 1 aromatic carbocycles. The van der Waals surface area contributed by atoms with E-state index in [1.165, 1.54) is 19.1 Å². The zero-order chi connectivity index (χ0) is 31.4. The second-order valence-corrected chi connectivity index (χ2v) is 11.7. The van der Waals surface area contributed by atoms with Crippen molar-refractivity contribution in [3.05, 3.63) is 42.1 Å². The van der Waals surface area contributed by atoms with Crippen molar-refractivity contribution in [3.63, 3.8) is 0 Å². The van der Waals surface area contributed by atoms with Crippen molar-refractivity contribution in [2.24, 2.45) is 11.7 Å². The number of carbonyl (C=O) groups is 4. The van der Waals surface area contributed by atoms with Crippen molar-refractivity contribution in [2.75, 3.05) is 27.9 Å². The van der Waals surface area contributed by atoms with Crippen LogP contribution in [0.4, 0.5) is 0 Å². The van der Waals surface area contributed by atoms with E-state index in [1.807, 2.05) is 12.2 Å². The van der Waals surface area contributed by atoms with Crippen LogP contribution in [0.15, 0.2) is 36.4 Å². The number of nitrogens with two attached hydrogens (primary N) is 1. The summed E-state index contributed by atoms with van der Waals surface area (Å²) < 4.78 is 21.7. The van der Waals surface area contributed by atoms with Crippen LogP contribution in [0.5, 0.6) is 11.5 Å². The first-order chi connectivity index (χ1) is 21.2. The van der Waals surface area contributed by atoms with Gasteiger partial charge in [-0.25, -0.2) is 4.79 Å². The Balaban J connectivity index is 1.45. The summed E-state index contributed by atoms with van der Waals surface area (Å²) in [5.74, 6) is -0.912. The minimum atomic E-state index is -1.17. The van der Waals surface area contributed by atoms with Gasteiger partial charge in [0.2, 0.25) is 11.8 Å². The number of hydrogen-bond donors (Lipinski definition) is 2. The summed E-state index contributed by atoms with van der Waals surface area (Å²) in [5.41, 5.74) is 6.18. The minimum Gasteiger partial charge on any atom is -0.497 e. The maximum Gasteiger partial charge on any atom is 0.332 e. The molecule has 0 radical (unpaired) electrons. The summed E-state index contributed by atoms with van der Waals surface area (Å²) in [6, 6.07) is 5.32. The van der Waals surface area contributed by atoms with Crippen molar-refractivity contribution in [2.45, 2.75) is 75.1 Å². The lowest BCUT2D eigenvalue weighted by molar-refractivity contribution is -0.148. The fourth-order valence-corrected chi connectivity index (χ4v) is 6.15. The molecular formula is C32H40N4O8. The number of methoxy groups -OCH3 is 3. The van der Waals surface area contributed by atoms with Gasteiger partial charge in [0.05, 0.1) is 51.5 Å². The number of carbonyl (C=O) groups excluding carboxylic acids is 4. The lowest BCUT2D eigenvalue weighted by atomic mass is 10.1. The Kier molecular flexibility index (Phi) is 9.38. The van der Waals surface area contributed by atoms with E-state index in [1.54, 1.807) is 31.4 Å². The first kappa shape index (κ1) is 31.2. The second kappa shape index (κ2) is 13.2. The highest BCUT2D eigenvalue weighted by Crippen LogP contribution is 2.46. The molecule has 2 fully saturated rings. The number of nitrogens with zero attached hydrogens (tertiary/aromatic N) is 2. The standard InChI is InChI=1S/C32H40N4O8/c1-41-21-11-12-23-25(15-21)34-20(14-28(37)42-2)13-27(23)44-22-16-26-29(38)35-32(31(40)43-3)17-19(32)9-7-5-4-6-8-10-24(33)30(39)36(26)18-22/h7,9,11-13,15,19,22,24,26H,4-6,8,10,14,16-18,33H2,1-3H3,(H,35,38)/b9-7-/t19?,22-,24+,26+,32-/m1/s1. The summed E-state index contributed by atoms with van der Waals surface area (Å²) >= 11 is 0. The molecule has 1 aromatic heterocycles. The van der Waals surface area contributed by atoms with Gasteiger partial charge >= 0.3 is 11.9 Å². The molecule has 3 aliphatic rings. The van der Waals surface area contributed by atoms with E-state index in [-0.39, 0.29) is 31.2 Å². The van der Waals surface area contributed by atoms with Gasteiger partial charge in [0.25, 0.3) is 0 Å². The summed E-state index contributed by atoms with van der Waals surface area (Å²) in [6.07, 6.45) is 7.96. The van der Waals surface area contributed by atoms with Crippen LogP contribution in [0.3, 0.4) is 0 Å². The van der Waals surface area contributed by atoms with Crippen molar-refractivity contribution < 1.29 is 38.1 Å². The number of allylic oxidation sites excluding steroid dienone is 1. The largest absolute Gasteiger partial charge is 0.497 e. The fourth-order valence-electron chi connectivity index (χ4n) is 6.15. The van der Waals surface area contributed by atoms with Crippen LogP contribution in [-0.4, -0.2) is 85.2 Å². The lowest BCUT2D eigenvalue weighted by Crippen LogP contribution is -2.55. The molecule has 12 nitrogen and oxygen atoms in total. The predicted octanol–water partition coefficient (Wildman–Crippen LogP) is 2.20. The Labute approximate surface area is 256 Å². The molecule has 1 saturated carbocycles. The Morgan fingerprint density at radius 2 is 1.93 bits per heavy atom. The van der Waals surface area contributed by atoms with Crippen LogP contribution in [0.25, 0.3) is 10.9 Å². The molecular weight excluding hydrogens is 568 g/mol. The van der Waals surface area contributed by atoms with Crippen LogP contribution >= 0.6 is 0 Å². The minimum absolute atomic E-state index is 0.0691. The zero-order valence-electron chi connectivity index (χ0n) is 25.4. The molecule has 5 atom stereocenters. The van der Waals surface area contributed by atoms with E-state index in [9.17, 15) is 19.2 Å². The Morgan fingerprint density at radius 3 is 2.68 bits per heavy atom. The molecule has 236 valence electrons. The van der Waals surface area contributed by atoms with Gasteiger partial charge in [-0.15, -0.1) is 0 Å². The first-order valence-electron chi connectivity index (χ1n) is 15.0. The monoisotopic (exact) mass is 608 g/mol. The van der Waals surface area contributed by atoms with Crippen molar-refractivity contribution in [3.8, 4) is 11.5 Å². The summed E-state index contributed by atoms with van der Waals surface area (Å²) in [5, 5.41) is 3.60. The molecule has 3 heterocycles. The van der Waals surface area contributed by atoms with Crippen LogP contribution in [0, 0.1) is 5.92 Å². The topological polar surface area (TPSA) is 159 Å². The molecule has 12 heteroatoms. The number of nitrogens with one attached hydrogen (secondary N) is 1. The molecule has 1 aliphatic carbocycles. The summed E-state index contributed by atoms with van der Waals surface area (Å²) in [7, 11) is 4.16. The van der Waals surface area contributed by atoms with E-state index >= 15 is 0 Å². The number of aromatic nitrogens is 1. The maximum atomic E-state index is 13.8. The lowest BCUT2D eigenvalue weighted by Gasteiger charge is -2.28. The number of ether oxygens (including phenoxy) is 4. The highest BCUT2D eigenvalue weighted by atomic mass is 16.5. The average Bonchev–Trinajstić information content (AvgIpc) is 3.55. The molecule has 44 heavy (non-hydrogen) atoms. The van der Waals surface area contributed by atoms with Gasteiger partial charge in [-0.05, 0) is 37.8 Å². The molecule has 1 saturated heterocycles. The second-order valence-electron chi connectivity index (χ2n) is 11.7. The Hall–Kier alpha value is -4.19. The molecule has 0 bridgehead atoms. The molecule has 2 aromatic rings. The van der Waals surface area contributed by atoms with Crippen molar-refractivity contribution in [1.29, 1.82) is 0 Å². The number of rotatable bonds is 6. The van der Waals surface area contributed by atoms with Crippen LogP contribution in [-0.2, 0) is 35.1 Å². The Bertz CT molecular complexity index is 1460. The van der Waals surface area contributed by atoms with Crippen molar-refractivity contribution in [1.82, 2.24) is 15.2 Å². The Morgan fingerprint density at radius 1 is 1.11 bits per heavy atom. The highest BCUT2D eigenvalue weighted by molar-refractivity contribution is 5.96. The van der Waals surface area contributed by atoms with Gasteiger partial charge in [0.1, 0.15) is 29.2 Å². The SMILES string of the molecule is COC(=O)Cc1cc(O[C@@H]2C[C@H]3C(=O)N[C@]4(C(=O)OC)CC4/C=C\CCCCC[C@H](N)C(=O)N3C2)c2ccc(OC)cc2n1. The van der Waals surface area contributed by atoms with Gasteiger partial charge < -0.3 is 34.9 Å². The van der Waals surface area contributed by atoms with Crippen molar-refractivity contribution >= 4 is 34.7 Å². The fraction of sp³-hybridized carbons (Fsp3) is 0.531. The van der Waals surface area contributed by atoms with Crippen LogP contribution in [0.1, 0.15) is 50.6 Å². The molecule has 1 unspecified atom stereocenters. The maximum absolute atomic E-state index is 13.8. The third kappa shape index (κ3) is 6.50. The van der Waals surface area contributed by atoms with E-state index < -0.39 is 41.6 Å². The molecule has 2 aliphatic heterocycles. The van der Waals surface area contributed by atoms with Gasteiger partial charge in [-0.1, -0.05) is 25.0 Å². The van der Waals surface area contributed by atoms with Crippen LogP contribution < -0.4 is 20.5 Å². The number of esters is 2. The number of hydrogen-bond acceptors (Lipinski definition) is 10. The van der Waals surface area contributed by atoms with Gasteiger partial charge in [-0.2, -0.15) is 0 Å². The van der Waals surface area contributed by atoms with E-state index in [0.717, 1.165) is 25.7 Å². The number of benzene rings is 1. The molecule has 5 rings (SSSR count). The van der Waals surface area contributed by atoms with Crippen LogP contribution in [0.2, 0.25) is 0 Å². The molecule has 3 N–H and O–H groups in total. The van der Waals surface area contributed by atoms with E-state index in [2.05, 4.69) is 10.3 Å². The van der Waals surface area contributed by atoms with Gasteiger partial charge in [0, 0.05) is 29.9 Å². The third-order valence-corrected chi connectivity index (χ3v) is 8.71. The van der Waals surface area contributed by atoms with Gasteiger partial charge in [0.15, 0.2) is 0 Å². The predicted molar refractivity (Wildman–Crippen MR) is 160 cm³/mol. The summed E-state index contributed by atoms with van der Waals surface area (Å²) in [4.78, 5) is 58.4. The number of amides is 2. The van der Waals surface area contributed by atoms with Gasteiger partial charge in [-0.3, -0.25) is 19.4 Å². The smallest absolute Gasteiger partial charge is 0.332 e. The average molecular weight is 609 g/mol. The number of pyridine rings is 1. The normalized spacial score (nSPS) is 28.0. The molecule has 0 spiro atoms. The highest BCUT2D eigenvalue weighted by Gasteiger charge is 2.62. The first-order valence-corrected chi connectivity index (χ1v) is 15.0. The molecule has 2 amide bonds. The third-order valence-electron chi connectivity index (χ3n) is 8.71. The zero-order valence-corrected chi connectivity index (χ0v) is 25.4. The van der Waals surface area contributed by atoms with E-state index in [4.69, 9.17) is 24.7 Å². The van der Waals surface area contributed by atoms with E-state index in [0.29, 0.717) is 40.9 Å². The summed E-state index contributed by atoms with van der Waals surface area (Å²) in [6.45, 7) is 0.117.